The lowest BCUT2D eigenvalue weighted by atomic mass is 10.1. The molecular formula is C7H10O2. The number of ketones is 1. The normalized spacial score (nSPS) is 12.1. The van der Waals surface area contributed by atoms with Crippen molar-refractivity contribution in [3.8, 4) is 12.3 Å². The van der Waals surface area contributed by atoms with Gasteiger partial charge in [0.05, 0.1) is 6.42 Å². The minimum absolute atomic E-state index is 0.0367. The van der Waals surface area contributed by atoms with Gasteiger partial charge in [-0.05, 0) is 6.42 Å². The number of terminal acetylenes is 1. The second-order valence-corrected chi connectivity index (χ2v) is 1.77. The van der Waals surface area contributed by atoms with Crippen molar-refractivity contribution in [2.75, 3.05) is 0 Å². The Kier molecular flexibility index (Phi) is 3.74. The van der Waals surface area contributed by atoms with Gasteiger partial charge in [-0.1, -0.05) is 12.8 Å². The zero-order valence-electron chi connectivity index (χ0n) is 5.42. The van der Waals surface area contributed by atoms with Gasteiger partial charge in [0.15, 0.2) is 5.78 Å². The molecule has 0 aromatic heterocycles. The molecule has 2 heteroatoms. The van der Waals surface area contributed by atoms with E-state index in [1.165, 1.54) is 0 Å². The first-order chi connectivity index (χ1) is 4.22. The molecule has 0 fully saturated rings. The van der Waals surface area contributed by atoms with Crippen molar-refractivity contribution >= 4 is 5.78 Å². The first-order valence-corrected chi connectivity index (χ1v) is 2.86. The van der Waals surface area contributed by atoms with E-state index in [9.17, 15) is 4.79 Å². The van der Waals surface area contributed by atoms with E-state index < -0.39 is 6.10 Å². The molecule has 0 bridgehead atoms. The summed E-state index contributed by atoms with van der Waals surface area (Å²) in [5.41, 5.74) is 0. The van der Waals surface area contributed by atoms with Gasteiger partial charge in [0, 0.05) is 0 Å². The SMILES string of the molecule is C#CCC(=O)C(O)CC. The summed E-state index contributed by atoms with van der Waals surface area (Å²) in [6.07, 6.45) is 4.46. The predicted molar refractivity (Wildman–Crippen MR) is 34.8 cm³/mol. The Balaban J connectivity index is 3.62. The quantitative estimate of drug-likeness (QED) is 0.554. The van der Waals surface area contributed by atoms with Crippen LogP contribution in [0.2, 0.25) is 0 Å². The van der Waals surface area contributed by atoms with Crippen molar-refractivity contribution in [2.24, 2.45) is 0 Å². The van der Waals surface area contributed by atoms with Crippen LogP contribution < -0.4 is 0 Å². The van der Waals surface area contributed by atoms with Gasteiger partial charge in [0.25, 0.3) is 0 Å². The summed E-state index contributed by atoms with van der Waals surface area (Å²) >= 11 is 0. The number of hydrogen-bond acceptors (Lipinski definition) is 2. The third-order valence-electron chi connectivity index (χ3n) is 1.03. The van der Waals surface area contributed by atoms with Gasteiger partial charge < -0.3 is 5.11 Å². The summed E-state index contributed by atoms with van der Waals surface area (Å²) in [4.78, 5) is 10.6. The molecule has 1 N–H and O–H groups in total. The van der Waals surface area contributed by atoms with Crippen molar-refractivity contribution in [1.82, 2.24) is 0 Å². The first-order valence-electron chi connectivity index (χ1n) is 2.86. The van der Waals surface area contributed by atoms with Crippen LogP contribution in [0, 0.1) is 12.3 Å². The number of aliphatic hydroxyl groups is 1. The van der Waals surface area contributed by atoms with Crippen LogP contribution in [0.15, 0.2) is 0 Å². The van der Waals surface area contributed by atoms with Crippen LogP contribution in [-0.2, 0) is 4.79 Å². The summed E-state index contributed by atoms with van der Waals surface area (Å²) in [5.74, 6) is 1.91. The zero-order chi connectivity index (χ0) is 7.28. The summed E-state index contributed by atoms with van der Waals surface area (Å²) in [5, 5.41) is 8.81. The van der Waals surface area contributed by atoms with E-state index in [-0.39, 0.29) is 12.2 Å². The van der Waals surface area contributed by atoms with E-state index in [4.69, 9.17) is 11.5 Å². The van der Waals surface area contributed by atoms with Crippen LogP contribution in [0.3, 0.4) is 0 Å². The van der Waals surface area contributed by atoms with E-state index in [0.29, 0.717) is 6.42 Å². The van der Waals surface area contributed by atoms with Crippen molar-refractivity contribution in [3.05, 3.63) is 0 Å². The maximum Gasteiger partial charge on any atom is 0.173 e. The molecule has 50 valence electrons. The van der Waals surface area contributed by atoms with Crippen LogP contribution in [-0.4, -0.2) is 17.0 Å². The van der Waals surface area contributed by atoms with Crippen molar-refractivity contribution in [2.45, 2.75) is 25.9 Å². The predicted octanol–water partition coefficient (Wildman–Crippen LogP) is 0.350. The van der Waals surface area contributed by atoms with Crippen LogP contribution >= 0.6 is 0 Å². The summed E-state index contributed by atoms with van der Waals surface area (Å²) in [7, 11) is 0. The Morgan fingerprint density at radius 2 is 2.44 bits per heavy atom. The molecular weight excluding hydrogens is 116 g/mol. The molecule has 2 nitrogen and oxygen atoms in total. The monoisotopic (exact) mass is 126 g/mol. The largest absolute Gasteiger partial charge is 0.385 e. The second-order valence-electron chi connectivity index (χ2n) is 1.77. The Labute approximate surface area is 54.9 Å². The van der Waals surface area contributed by atoms with Gasteiger partial charge in [-0.25, -0.2) is 0 Å². The maximum atomic E-state index is 10.6. The highest BCUT2D eigenvalue weighted by molar-refractivity contribution is 5.84. The van der Waals surface area contributed by atoms with Crippen LogP contribution in [0.4, 0.5) is 0 Å². The molecule has 0 amide bonds. The number of Topliss-reactive ketones (excluding diaryl/α,β-unsaturated/α-hetero) is 1. The molecule has 0 aliphatic rings. The maximum absolute atomic E-state index is 10.6. The molecule has 0 heterocycles. The Morgan fingerprint density at radius 1 is 1.89 bits per heavy atom. The fraction of sp³-hybridized carbons (Fsp3) is 0.571. The average molecular weight is 126 g/mol. The van der Waals surface area contributed by atoms with E-state index >= 15 is 0 Å². The standard InChI is InChI=1S/C7H10O2/c1-3-5-7(9)6(8)4-2/h1,6,8H,4-5H2,2H3. The minimum Gasteiger partial charge on any atom is -0.385 e. The second kappa shape index (κ2) is 4.11. The van der Waals surface area contributed by atoms with Crippen LogP contribution in [0.1, 0.15) is 19.8 Å². The third-order valence-corrected chi connectivity index (χ3v) is 1.03. The molecule has 0 radical (unpaired) electrons. The van der Waals surface area contributed by atoms with Crippen LogP contribution in [0.25, 0.3) is 0 Å². The molecule has 1 atom stereocenters. The smallest absolute Gasteiger partial charge is 0.173 e. The third kappa shape index (κ3) is 2.89. The van der Waals surface area contributed by atoms with Gasteiger partial charge in [0.2, 0.25) is 0 Å². The number of rotatable bonds is 3. The highest BCUT2D eigenvalue weighted by Gasteiger charge is 2.09. The average Bonchev–Trinajstić information content (AvgIpc) is 1.87. The lowest BCUT2D eigenvalue weighted by Gasteiger charge is -2.00. The number of carbonyl (C=O) groups excluding carboxylic acids is 1. The molecule has 1 unspecified atom stereocenters. The van der Waals surface area contributed by atoms with Crippen LogP contribution in [0.5, 0.6) is 0 Å². The van der Waals surface area contributed by atoms with Gasteiger partial charge >= 0.3 is 0 Å². The molecule has 0 aromatic carbocycles. The summed E-state index contributed by atoms with van der Waals surface area (Å²) in [6, 6.07) is 0. The molecule has 9 heavy (non-hydrogen) atoms. The molecule has 0 aromatic rings. The molecule has 0 saturated carbocycles. The highest BCUT2D eigenvalue weighted by atomic mass is 16.3. The summed E-state index contributed by atoms with van der Waals surface area (Å²) in [6.45, 7) is 1.74. The van der Waals surface area contributed by atoms with Gasteiger partial charge in [-0.2, -0.15) is 0 Å². The van der Waals surface area contributed by atoms with E-state index in [1.807, 2.05) is 0 Å². The van der Waals surface area contributed by atoms with Crippen molar-refractivity contribution in [3.63, 3.8) is 0 Å². The lowest BCUT2D eigenvalue weighted by molar-refractivity contribution is -0.126. The van der Waals surface area contributed by atoms with E-state index in [1.54, 1.807) is 6.92 Å². The Morgan fingerprint density at radius 3 is 2.78 bits per heavy atom. The van der Waals surface area contributed by atoms with Gasteiger partial charge in [-0.3, -0.25) is 4.79 Å². The topological polar surface area (TPSA) is 37.3 Å². The molecule has 0 spiro atoms. The van der Waals surface area contributed by atoms with E-state index in [2.05, 4.69) is 5.92 Å². The van der Waals surface area contributed by atoms with Gasteiger partial charge in [-0.15, -0.1) is 6.42 Å². The number of hydrogen-bond donors (Lipinski definition) is 1. The lowest BCUT2D eigenvalue weighted by Crippen LogP contribution is -2.17. The minimum atomic E-state index is -0.860. The Bertz CT molecular complexity index is 132. The van der Waals surface area contributed by atoms with Crippen molar-refractivity contribution < 1.29 is 9.90 Å². The summed E-state index contributed by atoms with van der Waals surface area (Å²) < 4.78 is 0. The molecule has 0 saturated heterocycles. The van der Waals surface area contributed by atoms with Gasteiger partial charge in [0.1, 0.15) is 6.10 Å². The molecule has 0 aliphatic heterocycles. The fourth-order valence-electron chi connectivity index (χ4n) is 0.446. The number of carbonyl (C=O) groups is 1. The van der Waals surface area contributed by atoms with E-state index in [0.717, 1.165) is 0 Å². The zero-order valence-corrected chi connectivity index (χ0v) is 5.42. The first kappa shape index (κ1) is 8.19. The molecule has 0 rings (SSSR count). The number of aliphatic hydroxyl groups excluding tert-OH is 1. The Hall–Kier alpha value is -0.810. The highest BCUT2D eigenvalue weighted by Crippen LogP contribution is 1.94. The fourth-order valence-corrected chi connectivity index (χ4v) is 0.446. The molecule has 0 aliphatic carbocycles. The van der Waals surface area contributed by atoms with Crippen molar-refractivity contribution in [1.29, 1.82) is 0 Å².